The third-order valence-electron chi connectivity index (χ3n) is 4.72. The van der Waals surface area contributed by atoms with E-state index < -0.39 is 0 Å². The summed E-state index contributed by atoms with van der Waals surface area (Å²) in [4.78, 5) is 18.8. The summed E-state index contributed by atoms with van der Waals surface area (Å²) >= 11 is 6.20. The van der Waals surface area contributed by atoms with Gasteiger partial charge in [0.15, 0.2) is 0 Å². The van der Waals surface area contributed by atoms with Crippen molar-refractivity contribution in [2.75, 3.05) is 18.0 Å². The van der Waals surface area contributed by atoms with E-state index in [0.717, 1.165) is 37.3 Å². The van der Waals surface area contributed by atoms with Crippen LogP contribution in [0.3, 0.4) is 0 Å². The van der Waals surface area contributed by atoms with Gasteiger partial charge in [-0.25, -0.2) is 4.98 Å². The quantitative estimate of drug-likeness (QED) is 0.849. The Balaban J connectivity index is 1.60. The number of nitrogens with zero attached hydrogens (tertiary/aromatic N) is 3. The van der Waals surface area contributed by atoms with Crippen molar-refractivity contribution >= 4 is 23.3 Å². The van der Waals surface area contributed by atoms with Gasteiger partial charge in [-0.15, -0.1) is 0 Å². The second-order valence-electron chi connectivity index (χ2n) is 6.34. The molecule has 1 unspecified atom stereocenters. The molecule has 0 saturated carbocycles. The zero-order chi connectivity index (χ0) is 17.8. The summed E-state index contributed by atoms with van der Waals surface area (Å²) < 4.78 is 5.24. The van der Waals surface area contributed by atoms with Gasteiger partial charge < -0.3 is 14.7 Å². The van der Waals surface area contributed by atoms with Gasteiger partial charge in [-0.3, -0.25) is 4.79 Å². The summed E-state index contributed by atoms with van der Waals surface area (Å²) in [5, 5.41) is 7.70. The van der Waals surface area contributed by atoms with E-state index in [2.05, 4.69) is 34.2 Å². The monoisotopic (exact) mass is 362 g/mol. The molecule has 0 radical (unpaired) electrons. The van der Waals surface area contributed by atoms with Crippen LogP contribution in [0.4, 0.5) is 5.82 Å². The van der Waals surface area contributed by atoms with Crippen LogP contribution in [0, 0.1) is 0 Å². The molecule has 0 spiro atoms. The number of carbonyl (C=O) groups is 1. The van der Waals surface area contributed by atoms with Crippen molar-refractivity contribution in [1.82, 2.24) is 15.5 Å². The summed E-state index contributed by atoms with van der Waals surface area (Å²) in [6.45, 7) is 5.70. The zero-order valence-corrected chi connectivity index (χ0v) is 15.3. The van der Waals surface area contributed by atoms with E-state index >= 15 is 0 Å². The molecule has 7 heteroatoms. The fourth-order valence-corrected chi connectivity index (χ4v) is 3.47. The lowest BCUT2D eigenvalue weighted by Crippen LogP contribution is -2.37. The van der Waals surface area contributed by atoms with E-state index in [1.165, 1.54) is 0 Å². The van der Waals surface area contributed by atoms with Crippen molar-refractivity contribution in [1.29, 1.82) is 0 Å². The second-order valence-corrected chi connectivity index (χ2v) is 6.75. The van der Waals surface area contributed by atoms with Gasteiger partial charge in [0.05, 0.1) is 10.7 Å². The SMILES string of the molecule is CCC(CC)c1cc(C(=O)NC2CCN(c3ncccc3Cl)C2)on1. The van der Waals surface area contributed by atoms with Crippen LogP contribution in [0.2, 0.25) is 5.02 Å². The van der Waals surface area contributed by atoms with Crippen molar-refractivity contribution in [3.8, 4) is 0 Å². The van der Waals surface area contributed by atoms with Crippen LogP contribution >= 0.6 is 11.6 Å². The minimum absolute atomic E-state index is 0.0345. The molecule has 1 fully saturated rings. The van der Waals surface area contributed by atoms with E-state index in [1.54, 1.807) is 12.3 Å². The molecule has 1 aliphatic heterocycles. The third kappa shape index (κ3) is 3.95. The van der Waals surface area contributed by atoms with Gasteiger partial charge in [0.25, 0.3) is 5.91 Å². The molecular weight excluding hydrogens is 340 g/mol. The third-order valence-corrected chi connectivity index (χ3v) is 5.01. The number of amides is 1. The molecule has 1 atom stereocenters. The van der Waals surface area contributed by atoms with Gasteiger partial charge in [-0.05, 0) is 31.4 Å². The average molecular weight is 363 g/mol. The van der Waals surface area contributed by atoms with E-state index in [1.807, 2.05) is 12.1 Å². The fraction of sp³-hybridized carbons (Fsp3) is 0.500. The standard InChI is InChI=1S/C18H23ClN4O2/c1-3-12(4-2)15-10-16(25-22-15)18(24)21-13-7-9-23(11-13)17-14(19)6-5-8-20-17/h5-6,8,10,12-13H,3-4,7,9,11H2,1-2H3,(H,21,24). The highest BCUT2D eigenvalue weighted by Gasteiger charge is 2.27. The van der Waals surface area contributed by atoms with Crippen LogP contribution in [0.5, 0.6) is 0 Å². The molecule has 0 aliphatic carbocycles. The first-order chi connectivity index (χ1) is 12.1. The molecular formula is C18H23ClN4O2. The highest BCUT2D eigenvalue weighted by atomic mass is 35.5. The topological polar surface area (TPSA) is 71.3 Å². The second kappa shape index (κ2) is 7.87. The Morgan fingerprint density at radius 2 is 2.28 bits per heavy atom. The van der Waals surface area contributed by atoms with E-state index in [0.29, 0.717) is 17.5 Å². The molecule has 3 rings (SSSR count). The Labute approximate surface area is 152 Å². The van der Waals surface area contributed by atoms with Crippen LogP contribution < -0.4 is 10.2 Å². The Morgan fingerprint density at radius 3 is 3.00 bits per heavy atom. The van der Waals surface area contributed by atoms with E-state index in [9.17, 15) is 4.79 Å². The average Bonchev–Trinajstić information content (AvgIpc) is 3.26. The largest absolute Gasteiger partial charge is 0.353 e. The molecule has 1 saturated heterocycles. The normalized spacial score (nSPS) is 17.3. The van der Waals surface area contributed by atoms with Crippen LogP contribution in [-0.2, 0) is 0 Å². The molecule has 3 heterocycles. The minimum Gasteiger partial charge on any atom is -0.353 e. The maximum Gasteiger partial charge on any atom is 0.290 e. The van der Waals surface area contributed by atoms with Crippen molar-refractivity contribution < 1.29 is 9.32 Å². The Morgan fingerprint density at radius 1 is 1.48 bits per heavy atom. The van der Waals surface area contributed by atoms with Gasteiger partial charge in [0, 0.05) is 37.3 Å². The highest BCUT2D eigenvalue weighted by molar-refractivity contribution is 6.32. The van der Waals surface area contributed by atoms with Gasteiger partial charge in [0.1, 0.15) is 5.82 Å². The first-order valence-electron chi connectivity index (χ1n) is 8.75. The van der Waals surface area contributed by atoms with Gasteiger partial charge in [-0.2, -0.15) is 0 Å². The molecule has 0 bridgehead atoms. The van der Waals surface area contributed by atoms with Crippen LogP contribution in [0.1, 0.15) is 55.3 Å². The summed E-state index contributed by atoms with van der Waals surface area (Å²) in [6.07, 6.45) is 4.52. The van der Waals surface area contributed by atoms with Crippen molar-refractivity contribution in [3.63, 3.8) is 0 Å². The molecule has 6 nitrogen and oxygen atoms in total. The van der Waals surface area contributed by atoms with Crippen LogP contribution in [-0.4, -0.2) is 35.2 Å². The minimum atomic E-state index is -0.219. The first-order valence-corrected chi connectivity index (χ1v) is 9.13. The predicted molar refractivity (Wildman–Crippen MR) is 97.2 cm³/mol. The number of halogens is 1. The summed E-state index contributed by atoms with van der Waals surface area (Å²) in [6, 6.07) is 5.42. The lowest BCUT2D eigenvalue weighted by atomic mass is 9.99. The zero-order valence-electron chi connectivity index (χ0n) is 14.5. The fourth-order valence-electron chi connectivity index (χ4n) is 3.23. The Kier molecular flexibility index (Phi) is 5.58. The van der Waals surface area contributed by atoms with Gasteiger partial charge in [-0.1, -0.05) is 30.6 Å². The number of hydrogen-bond donors (Lipinski definition) is 1. The first kappa shape index (κ1) is 17.7. The molecule has 2 aromatic rings. The Hall–Kier alpha value is -2.08. The Bertz CT molecular complexity index is 729. The van der Waals surface area contributed by atoms with E-state index in [-0.39, 0.29) is 17.7 Å². The molecule has 2 aromatic heterocycles. The molecule has 1 amide bonds. The van der Waals surface area contributed by atoms with Crippen LogP contribution in [0.25, 0.3) is 0 Å². The number of rotatable bonds is 6. The summed E-state index contributed by atoms with van der Waals surface area (Å²) in [5.41, 5.74) is 0.850. The molecule has 0 aromatic carbocycles. The van der Waals surface area contributed by atoms with Gasteiger partial charge >= 0.3 is 0 Å². The summed E-state index contributed by atoms with van der Waals surface area (Å²) in [7, 11) is 0. The van der Waals surface area contributed by atoms with Crippen molar-refractivity contribution in [3.05, 3.63) is 40.9 Å². The number of anilines is 1. The maximum absolute atomic E-state index is 12.4. The highest BCUT2D eigenvalue weighted by Crippen LogP contribution is 2.26. The van der Waals surface area contributed by atoms with Crippen LogP contribution in [0.15, 0.2) is 28.9 Å². The number of pyridine rings is 1. The number of carbonyl (C=O) groups excluding carboxylic acids is 1. The lowest BCUT2D eigenvalue weighted by Gasteiger charge is -2.18. The smallest absolute Gasteiger partial charge is 0.290 e. The van der Waals surface area contributed by atoms with Crippen molar-refractivity contribution in [2.24, 2.45) is 0 Å². The lowest BCUT2D eigenvalue weighted by molar-refractivity contribution is 0.0903. The number of hydrogen-bond acceptors (Lipinski definition) is 5. The van der Waals surface area contributed by atoms with Crippen molar-refractivity contribution in [2.45, 2.75) is 45.1 Å². The van der Waals surface area contributed by atoms with Gasteiger partial charge in [0.2, 0.25) is 5.76 Å². The van der Waals surface area contributed by atoms with E-state index in [4.69, 9.17) is 16.1 Å². The molecule has 134 valence electrons. The molecule has 25 heavy (non-hydrogen) atoms. The molecule has 1 N–H and O–H groups in total. The number of nitrogens with one attached hydrogen (secondary N) is 1. The predicted octanol–water partition coefficient (Wildman–Crippen LogP) is 3.64. The molecule has 1 aliphatic rings. The number of aromatic nitrogens is 2. The summed E-state index contributed by atoms with van der Waals surface area (Å²) in [5.74, 6) is 1.15. The maximum atomic E-state index is 12.4.